The molecule has 1 aromatic carbocycles. The zero-order valence-corrected chi connectivity index (χ0v) is 9.02. The summed E-state index contributed by atoms with van der Waals surface area (Å²) in [6.07, 6.45) is 0.724. The SMILES string of the molecule is O=Cc1ccc(C2CC(=O)[N+]([O-])(O)S2)cc1. The molecule has 0 spiro atoms. The van der Waals surface area contributed by atoms with Crippen molar-refractivity contribution in [2.75, 3.05) is 0 Å². The van der Waals surface area contributed by atoms with Gasteiger partial charge in [0.2, 0.25) is 0 Å². The third kappa shape index (κ3) is 2.00. The number of amides is 1. The molecule has 1 aromatic rings. The minimum atomic E-state index is -1.87. The van der Waals surface area contributed by atoms with Crippen LogP contribution in [0, 0.1) is 5.21 Å². The van der Waals surface area contributed by atoms with E-state index in [4.69, 9.17) is 5.21 Å². The van der Waals surface area contributed by atoms with Gasteiger partial charge in [-0.1, -0.05) is 28.5 Å². The predicted molar refractivity (Wildman–Crippen MR) is 57.2 cm³/mol. The number of hydrogen-bond donors (Lipinski definition) is 1. The van der Waals surface area contributed by atoms with Gasteiger partial charge >= 0.3 is 5.91 Å². The normalized spacial score (nSPS) is 29.4. The molecule has 84 valence electrons. The lowest BCUT2D eigenvalue weighted by Gasteiger charge is -2.21. The smallest absolute Gasteiger partial charge is 0.359 e. The maximum absolute atomic E-state index is 11.2. The molecule has 16 heavy (non-hydrogen) atoms. The Bertz CT molecular complexity index is 429. The van der Waals surface area contributed by atoms with Crippen LogP contribution in [0.5, 0.6) is 0 Å². The number of benzene rings is 1. The zero-order chi connectivity index (χ0) is 11.8. The maximum atomic E-state index is 11.2. The molecule has 1 aliphatic rings. The van der Waals surface area contributed by atoms with E-state index >= 15 is 0 Å². The van der Waals surface area contributed by atoms with Crippen LogP contribution in [0.2, 0.25) is 0 Å². The van der Waals surface area contributed by atoms with Gasteiger partial charge in [-0.15, -0.1) is 0 Å². The Hall–Kier alpha value is -1.21. The molecule has 1 heterocycles. The molecule has 0 radical (unpaired) electrons. The van der Waals surface area contributed by atoms with Crippen molar-refractivity contribution < 1.29 is 19.0 Å². The Kier molecular flexibility index (Phi) is 2.81. The number of carbonyl (C=O) groups excluding carboxylic acids is 2. The van der Waals surface area contributed by atoms with Crippen molar-refractivity contribution in [2.45, 2.75) is 11.7 Å². The molecule has 2 rings (SSSR count). The molecule has 0 bridgehead atoms. The van der Waals surface area contributed by atoms with E-state index in [1.807, 2.05) is 0 Å². The first-order valence-corrected chi connectivity index (χ1v) is 5.46. The van der Waals surface area contributed by atoms with Crippen molar-refractivity contribution in [1.29, 1.82) is 0 Å². The van der Waals surface area contributed by atoms with Gasteiger partial charge in [-0.05, 0) is 5.56 Å². The lowest BCUT2D eigenvalue weighted by molar-refractivity contribution is -0.880. The first kappa shape index (κ1) is 11.3. The van der Waals surface area contributed by atoms with Crippen molar-refractivity contribution in [3.05, 3.63) is 40.6 Å². The van der Waals surface area contributed by atoms with Crippen LogP contribution in [0.3, 0.4) is 0 Å². The zero-order valence-electron chi connectivity index (χ0n) is 8.20. The Labute approximate surface area is 95.9 Å². The lowest BCUT2D eigenvalue weighted by atomic mass is 10.1. The number of hydroxylamine groups is 2. The molecule has 1 aliphatic heterocycles. The molecular formula is C10H9NO4S. The quantitative estimate of drug-likeness (QED) is 0.280. The van der Waals surface area contributed by atoms with Crippen molar-refractivity contribution >= 4 is 24.1 Å². The van der Waals surface area contributed by atoms with Crippen molar-refractivity contribution in [3.63, 3.8) is 0 Å². The van der Waals surface area contributed by atoms with Gasteiger partial charge in [0.15, 0.2) is 0 Å². The first-order chi connectivity index (χ1) is 7.53. The van der Waals surface area contributed by atoms with E-state index in [-0.39, 0.29) is 11.7 Å². The summed E-state index contributed by atoms with van der Waals surface area (Å²) >= 11 is 0.642. The highest BCUT2D eigenvalue weighted by Gasteiger charge is 2.43. The van der Waals surface area contributed by atoms with Crippen LogP contribution in [0.4, 0.5) is 0 Å². The summed E-state index contributed by atoms with van der Waals surface area (Å²) in [5.74, 6) is -0.755. The third-order valence-corrected chi connectivity index (χ3v) is 3.57. The van der Waals surface area contributed by atoms with E-state index in [0.717, 1.165) is 11.8 Å². The second-order valence-electron chi connectivity index (χ2n) is 3.50. The molecule has 1 saturated heterocycles. The van der Waals surface area contributed by atoms with E-state index in [9.17, 15) is 14.8 Å². The Morgan fingerprint density at radius 1 is 1.44 bits per heavy atom. The number of hydrogen-bond acceptors (Lipinski definition) is 5. The van der Waals surface area contributed by atoms with E-state index < -0.39 is 10.1 Å². The highest BCUT2D eigenvalue weighted by molar-refractivity contribution is 7.94. The van der Waals surface area contributed by atoms with Crippen LogP contribution in [0.15, 0.2) is 24.3 Å². The summed E-state index contributed by atoms with van der Waals surface area (Å²) in [5.41, 5.74) is 1.29. The van der Waals surface area contributed by atoms with Gasteiger partial charge in [-0.25, -0.2) is 4.79 Å². The number of carbonyl (C=O) groups is 2. The standard InChI is InChI=1S/C10H9NO4S/c12-6-7-1-3-8(4-2-7)9-5-10(13)11(14,15)16-9/h1-4,6,9,14H,5H2. The van der Waals surface area contributed by atoms with Crippen LogP contribution in [0.1, 0.15) is 27.6 Å². The van der Waals surface area contributed by atoms with Crippen molar-refractivity contribution in [2.24, 2.45) is 0 Å². The van der Waals surface area contributed by atoms with Gasteiger partial charge in [0.1, 0.15) is 23.5 Å². The van der Waals surface area contributed by atoms with E-state index in [0.29, 0.717) is 17.5 Å². The average Bonchev–Trinajstić information content (AvgIpc) is 2.54. The minimum Gasteiger partial charge on any atom is -0.579 e. The maximum Gasteiger partial charge on any atom is 0.359 e. The van der Waals surface area contributed by atoms with Crippen LogP contribution in [0.25, 0.3) is 0 Å². The van der Waals surface area contributed by atoms with Crippen molar-refractivity contribution in [1.82, 2.24) is 0 Å². The highest BCUT2D eigenvalue weighted by Crippen LogP contribution is 2.45. The minimum absolute atomic E-state index is 0.00506. The summed E-state index contributed by atoms with van der Waals surface area (Å²) in [5, 5.41) is 20.0. The molecular weight excluding hydrogens is 230 g/mol. The largest absolute Gasteiger partial charge is 0.579 e. The summed E-state index contributed by atoms with van der Waals surface area (Å²) in [6, 6.07) is 6.59. The molecule has 0 aliphatic carbocycles. The molecule has 1 fully saturated rings. The molecule has 2 atom stereocenters. The molecule has 0 aromatic heterocycles. The van der Waals surface area contributed by atoms with Crippen molar-refractivity contribution in [3.8, 4) is 0 Å². The Balaban J connectivity index is 2.20. The number of quaternary nitrogens is 1. The average molecular weight is 239 g/mol. The summed E-state index contributed by atoms with van der Waals surface area (Å²) < 4.78 is -1.87. The first-order valence-electron chi connectivity index (χ1n) is 4.62. The summed E-state index contributed by atoms with van der Waals surface area (Å²) in [7, 11) is 0. The number of aldehydes is 1. The van der Waals surface area contributed by atoms with Gasteiger partial charge in [0.05, 0.1) is 6.42 Å². The fourth-order valence-electron chi connectivity index (χ4n) is 1.51. The van der Waals surface area contributed by atoms with Crippen LogP contribution in [-0.4, -0.2) is 21.6 Å². The molecule has 0 saturated carbocycles. The second-order valence-corrected chi connectivity index (χ2v) is 4.77. The van der Waals surface area contributed by atoms with Crippen LogP contribution in [-0.2, 0) is 4.79 Å². The lowest BCUT2D eigenvalue weighted by Crippen LogP contribution is -2.31. The number of nitrogens with zero attached hydrogens (tertiary/aromatic N) is 1. The van der Waals surface area contributed by atoms with Gasteiger partial charge < -0.3 is 5.21 Å². The summed E-state index contributed by atoms with van der Waals surface area (Å²) in [6.45, 7) is 0. The molecule has 6 heteroatoms. The number of rotatable bonds is 2. The predicted octanol–water partition coefficient (Wildman–Crippen LogP) is 1.82. The van der Waals surface area contributed by atoms with E-state index in [2.05, 4.69) is 0 Å². The second kappa shape index (κ2) is 3.99. The van der Waals surface area contributed by atoms with E-state index in [1.165, 1.54) is 0 Å². The molecule has 1 N–H and O–H groups in total. The van der Waals surface area contributed by atoms with Crippen LogP contribution >= 0.6 is 11.9 Å². The third-order valence-electron chi connectivity index (χ3n) is 2.39. The summed E-state index contributed by atoms with van der Waals surface area (Å²) in [4.78, 5) is 21.6. The van der Waals surface area contributed by atoms with Gasteiger partial charge in [-0.3, -0.25) is 4.79 Å². The van der Waals surface area contributed by atoms with E-state index in [1.54, 1.807) is 24.3 Å². The van der Waals surface area contributed by atoms with Gasteiger partial charge in [0.25, 0.3) is 0 Å². The highest BCUT2D eigenvalue weighted by atomic mass is 32.2. The molecule has 2 unspecified atom stereocenters. The molecule has 5 nitrogen and oxygen atoms in total. The fourth-order valence-corrected chi connectivity index (χ4v) is 2.54. The fraction of sp³-hybridized carbons (Fsp3) is 0.200. The monoisotopic (exact) mass is 239 g/mol. The van der Waals surface area contributed by atoms with Gasteiger partial charge in [-0.2, -0.15) is 5.21 Å². The van der Waals surface area contributed by atoms with Gasteiger partial charge in [0, 0.05) is 5.56 Å². The Morgan fingerprint density at radius 2 is 2.06 bits per heavy atom. The Morgan fingerprint density at radius 3 is 2.50 bits per heavy atom. The molecule has 1 amide bonds. The topological polar surface area (TPSA) is 77.4 Å². The van der Waals surface area contributed by atoms with Crippen LogP contribution < -0.4 is 0 Å².